The highest BCUT2D eigenvalue weighted by Crippen LogP contribution is 2.33. The number of anilines is 1. The number of nitrogens with one attached hydrogen (secondary N) is 1. The van der Waals surface area contributed by atoms with Crippen molar-refractivity contribution in [2.75, 3.05) is 11.6 Å². The van der Waals surface area contributed by atoms with E-state index in [0.29, 0.717) is 16.6 Å². The molecule has 0 saturated carbocycles. The average molecular weight is 469 g/mol. The van der Waals surface area contributed by atoms with Gasteiger partial charge in [-0.05, 0) is 36.4 Å². The first-order valence-electron chi connectivity index (χ1n) is 8.62. The van der Waals surface area contributed by atoms with Crippen LogP contribution in [0.15, 0.2) is 46.7 Å². The van der Waals surface area contributed by atoms with E-state index in [0.717, 1.165) is 22.5 Å². The summed E-state index contributed by atoms with van der Waals surface area (Å²) in [6, 6.07) is 9.16. The number of carbonyl (C=O) groups excluding carboxylic acids is 1. The quantitative estimate of drug-likeness (QED) is 0.505. The van der Waals surface area contributed by atoms with Crippen molar-refractivity contribution in [1.82, 2.24) is 4.98 Å². The molecule has 3 rings (SSSR count). The summed E-state index contributed by atoms with van der Waals surface area (Å²) in [4.78, 5) is 17.2. The Hall–Kier alpha value is -1.93. The van der Waals surface area contributed by atoms with Gasteiger partial charge in [-0.25, -0.2) is 13.4 Å². The van der Waals surface area contributed by atoms with Crippen LogP contribution in [-0.2, 0) is 9.84 Å². The van der Waals surface area contributed by atoms with Gasteiger partial charge in [0.05, 0.1) is 31.2 Å². The molecule has 0 spiro atoms. The maximum absolute atomic E-state index is 12.5. The lowest BCUT2D eigenvalue weighted by atomic mass is 10.1. The molecule has 0 bridgehead atoms. The molecule has 0 aliphatic rings. The van der Waals surface area contributed by atoms with E-state index < -0.39 is 15.7 Å². The minimum Gasteiger partial charge on any atom is -0.322 e. The van der Waals surface area contributed by atoms with Gasteiger partial charge in [0.2, 0.25) is 0 Å². The molecule has 0 fully saturated rings. The molecule has 9 heteroatoms. The van der Waals surface area contributed by atoms with Crippen LogP contribution >= 0.6 is 34.5 Å². The van der Waals surface area contributed by atoms with Gasteiger partial charge in [0.1, 0.15) is 0 Å². The van der Waals surface area contributed by atoms with E-state index in [1.807, 2.05) is 5.38 Å². The van der Waals surface area contributed by atoms with Crippen molar-refractivity contribution in [3.8, 4) is 11.3 Å². The number of thiazole rings is 1. The van der Waals surface area contributed by atoms with Gasteiger partial charge in [0.15, 0.2) is 9.84 Å². The predicted molar refractivity (Wildman–Crippen MR) is 119 cm³/mol. The van der Waals surface area contributed by atoms with Gasteiger partial charge in [-0.3, -0.25) is 4.79 Å². The number of aromatic nitrogens is 1. The van der Waals surface area contributed by atoms with Gasteiger partial charge in [-0.1, -0.05) is 37.0 Å². The molecule has 0 aliphatic heterocycles. The van der Waals surface area contributed by atoms with E-state index in [9.17, 15) is 13.2 Å². The number of benzene rings is 2. The number of halogens is 2. The molecule has 0 aliphatic carbocycles. The zero-order valence-corrected chi connectivity index (χ0v) is 19.0. The molecule has 3 aromatic rings. The third-order valence-corrected chi connectivity index (χ3v) is 7.01. The minimum atomic E-state index is -3.41. The van der Waals surface area contributed by atoms with Crippen LogP contribution < -0.4 is 5.32 Å². The van der Waals surface area contributed by atoms with Crippen molar-refractivity contribution in [3.63, 3.8) is 0 Å². The van der Waals surface area contributed by atoms with Gasteiger partial charge in [0, 0.05) is 28.8 Å². The van der Waals surface area contributed by atoms with Crippen LogP contribution in [0.3, 0.4) is 0 Å². The van der Waals surface area contributed by atoms with Crippen molar-refractivity contribution in [3.05, 3.63) is 62.4 Å². The number of hydrogen-bond donors (Lipinski definition) is 1. The Morgan fingerprint density at radius 3 is 2.38 bits per heavy atom. The third kappa shape index (κ3) is 4.98. The number of carbonyl (C=O) groups is 1. The molecule has 5 nitrogen and oxygen atoms in total. The van der Waals surface area contributed by atoms with Crippen LogP contribution in [0.25, 0.3) is 11.3 Å². The molecule has 1 aromatic heterocycles. The topological polar surface area (TPSA) is 76.1 Å². The van der Waals surface area contributed by atoms with E-state index in [2.05, 4.69) is 24.1 Å². The van der Waals surface area contributed by atoms with Gasteiger partial charge >= 0.3 is 0 Å². The molecule has 29 heavy (non-hydrogen) atoms. The summed E-state index contributed by atoms with van der Waals surface area (Å²) in [6.45, 7) is 4.16. The molecule has 0 unspecified atom stereocenters. The highest BCUT2D eigenvalue weighted by Gasteiger charge is 2.16. The van der Waals surface area contributed by atoms with E-state index in [-0.39, 0.29) is 15.5 Å². The van der Waals surface area contributed by atoms with E-state index >= 15 is 0 Å². The molecule has 1 N–H and O–H groups in total. The molecule has 0 atom stereocenters. The second kappa shape index (κ2) is 8.44. The molecule has 0 radical (unpaired) electrons. The molecule has 1 heterocycles. The summed E-state index contributed by atoms with van der Waals surface area (Å²) in [5.74, 6) is -0.125. The van der Waals surface area contributed by atoms with Crippen LogP contribution in [0, 0.1) is 0 Å². The zero-order valence-electron chi connectivity index (χ0n) is 15.9. The number of hydrogen-bond acceptors (Lipinski definition) is 5. The van der Waals surface area contributed by atoms with E-state index in [1.54, 1.807) is 29.5 Å². The number of nitrogens with zero attached hydrogens (tertiary/aromatic N) is 1. The second-order valence-corrected chi connectivity index (χ2v) is 10.5. The van der Waals surface area contributed by atoms with Crippen LogP contribution in [0.5, 0.6) is 0 Å². The summed E-state index contributed by atoms with van der Waals surface area (Å²) in [5.41, 5.74) is 2.23. The summed E-state index contributed by atoms with van der Waals surface area (Å²) < 4.78 is 23.2. The first-order chi connectivity index (χ1) is 13.6. The minimum absolute atomic E-state index is 0.0514. The van der Waals surface area contributed by atoms with Crippen LogP contribution in [0.4, 0.5) is 5.69 Å². The van der Waals surface area contributed by atoms with E-state index in [4.69, 9.17) is 23.2 Å². The lowest BCUT2D eigenvalue weighted by Crippen LogP contribution is -2.13. The summed E-state index contributed by atoms with van der Waals surface area (Å²) in [6.07, 6.45) is 1.08. The fourth-order valence-electron chi connectivity index (χ4n) is 2.59. The molecular weight excluding hydrogens is 451 g/mol. The normalized spacial score (nSPS) is 11.7. The lowest BCUT2D eigenvalue weighted by Gasteiger charge is -2.10. The third-order valence-electron chi connectivity index (χ3n) is 4.13. The van der Waals surface area contributed by atoms with Crippen molar-refractivity contribution >= 4 is 56.0 Å². The molecule has 2 aromatic carbocycles. The van der Waals surface area contributed by atoms with Crippen LogP contribution in [0.1, 0.15) is 35.1 Å². The highest BCUT2D eigenvalue weighted by atomic mass is 35.5. The zero-order chi connectivity index (χ0) is 21.3. The molecule has 152 valence electrons. The number of sulfone groups is 1. The fraction of sp³-hybridized carbons (Fsp3) is 0.200. The van der Waals surface area contributed by atoms with Gasteiger partial charge in [0.25, 0.3) is 5.91 Å². The van der Waals surface area contributed by atoms with Gasteiger partial charge < -0.3 is 5.32 Å². The number of amides is 1. The summed E-state index contributed by atoms with van der Waals surface area (Å²) in [5, 5.41) is 6.22. The Kier molecular flexibility index (Phi) is 6.33. The Labute approximate surface area is 183 Å². The maximum Gasteiger partial charge on any atom is 0.257 e. The van der Waals surface area contributed by atoms with Crippen LogP contribution in [-0.4, -0.2) is 25.6 Å². The van der Waals surface area contributed by atoms with Crippen LogP contribution in [0.2, 0.25) is 10.0 Å². The van der Waals surface area contributed by atoms with Gasteiger partial charge in [-0.2, -0.15) is 0 Å². The number of rotatable bonds is 5. The fourth-order valence-corrected chi connectivity index (χ4v) is 4.68. The Bertz CT molecular complexity index is 1190. The molecule has 1 amide bonds. The van der Waals surface area contributed by atoms with Crippen molar-refractivity contribution in [2.45, 2.75) is 24.7 Å². The van der Waals surface area contributed by atoms with E-state index in [1.165, 1.54) is 18.2 Å². The van der Waals surface area contributed by atoms with Crippen molar-refractivity contribution < 1.29 is 13.2 Å². The highest BCUT2D eigenvalue weighted by molar-refractivity contribution is 7.90. The van der Waals surface area contributed by atoms with Crippen molar-refractivity contribution in [1.29, 1.82) is 0 Å². The second-order valence-electron chi connectivity index (χ2n) is 6.79. The Balaban J connectivity index is 1.82. The van der Waals surface area contributed by atoms with Gasteiger partial charge in [-0.15, -0.1) is 11.3 Å². The summed E-state index contributed by atoms with van der Waals surface area (Å²) in [7, 11) is -3.41. The standard InChI is InChI=1S/C20H18Cl2N2O3S2/c1-11(2)20-24-18(10-28-20)14-6-4-12(8-16(14)21)23-19(25)15-7-5-13(9-17(15)22)29(3,26)27/h4-11H,1-3H3,(H,23,25). The smallest absolute Gasteiger partial charge is 0.257 e. The molecular formula is C20H18Cl2N2O3S2. The monoisotopic (exact) mass is 468 g/mol. The Morgan fingerprint density at radius 2 is 1.83 bits per heavy atom. The SMILES string of the molecule is CC(C)c1nc(-c2ccc(NC(=O)c3ccc(S(C)(=O)=O)cc3Cl)cc2Cl)cs1. The summed E-state index contributed by atoms with van der Waals surface area (Å²) >= 11 is 14.1. The predicted octanol–water partition coefficient (Wildman–Crippen LogP) is 5.90. The largest absolute Gasteiger partial charge is 0.322 e. The van der Waals surface area contributed by atoms with Crippen molar-refractivity contribution in [2.24, 2.45) is 0 Å². The average Bonchev–Trinajstić information content (AvgIpc) is 3.11. The first kappa shape index (κ1) is 21.8. The first-order valence-corrected chi connectivity index (χ1v) is 12.1. The maximum atomic E-state index is 12.5. The lowest BCUT2D eigenvalue weighted by molar-refractivity contribution is 0.102. The Morgan fingerprint density at radius 1 is 1.10 bits per heavy atom. The molecule has 0 saturated heterocycles.